The van der Waals surface area contributed by atoms with Crippen molar-refractivity contribution >= 4 is 17.3 Å². The average molecular weight is 368 g/mol. The molecule has 0 spiro atoms. The molecule has 1 aromatic heterocycles. The Morgan fingerprint density at radius 3 is 2.44 bits per heavy atom. The molecule has 1 fully saturated rings. The van der Waals surface area contributed by atoms with E-state index in [0.29, 0.717) is 18.8 Å². The number of likely N-dealkylation sites (N-methyl/N-ethyl adjacent to an activating group) is 1. The van der Waals surface area contributed by atoms with E-state index in [1.165, 1.54) is 0 Å². The van der Waals surface area contributed by atoms with E-state index >= 15 is 0 Å². The average Bonchev–Trinajstić information content (AvgIpc) is 2.88. The van der Waals surface area contributed by atoms with E-state index in [2.05, 4.69) is 34.1 Å². The van der Waals surface area contributed by atoms with E-state index in [9.17, 15) is 4.79 Å². The van der Waals surface area contributed by atoms with Crippen molar-refractivity contribution in [2.24, 2.45) is 0 Å². The second-order valence-electron chi connectivity index (χ2n) is 6.87. The van der Waals surface area contributed by atoms with Crippen LogP contribution in [0, 0.1) is 0 Å². The fourth-order valence-corrected chi connectivity index (χ4v) is 3.37. The Morgan fingerprint density at radius 2 is 1.81 bits per heavy atom. The molecule has 1 aromatic carbocycles. The summed E-state index contributed by atoms with van der Waals surface area (Å²) in [7, 11) is 5.68. The Balaban J connectivity index is 1.97. The molecule has 3 rings (SSSR count). The molecular weight excluding hydrogens is 340 g/mol. The Kier molecular flexibility index (Phi) is 5.84. The third kappa shape index (κ3) is 4.15. The van der Waals surface area contributed by atoms with E-state index in [1.807, 2.05) is 38.1 Å². The Labute approximate surface area is 161 Å². The number of carbonyl (C=O) groups is 1. The van der Waals surface area contributed by atoms with Crippen molar-refractivity contribution in [3.8, 4) is 17.1 Å². The van der Waals surface area contributed by atoms with E-state index in [1.54, 1.807) is 7.11 Å². The first-order chi connectivity index (χ1) is 13.0. The summed E-state index contributed by atoms with van der Waals surface area (Å²) < 4.78 is 5.36. The fourth-order valence-electron chi connectivity index (χ4n) is 3.37. The number of hydrogen-bond acceptors (Lipinski definition) is 5. The number of amides is 1. The molecule has 1 aliphatic rings. The van der Waals surface area contributed by atoms with Gasteiger partial charge in [0.25, 0.3) is 0 Å². The molecular formula is C21H28N4O2. The Bertz CT molecular complexity index is 789. The molecule has 6 heteroatoms. The molecule has 6 nitrogen and oxygen atoms in total. The van der Waals surface area contributed by atoms with Crippen LogP contribution in [0.5, 0.6) is 5.88 Å². The maximum atomic E-state index is 12.2. The van der Waals surface area contributed by atoms with E-state index in [0.717, 1.165) is 42.3 Å². The van der Waals surface area contributed by atoms with Crippen molar-refractivity contribution in [1.29, 1.82) is 0 Å². The lowest BCUT2D eigenvalue weighted by Crippen LogP contribution is -2.33. The number of ether oxygens (including phenoxy) is 1. The largest absolute Gasteiger partial charge is 0.481 e. The topological polar surface area (TPSA) is 48.9 Å². The lowest BCUT2D eigenvalue weighted by molar-refractivity contribution is -0.130. The molecule has 27 heavy (non-hydrogen) atoms. The number of pyridine rings is 1. The number of carbonyl (C=O) groups excluding carboxylic acids is 1. The highest BCUT2D eigenvalue weighted by atomic mass is 16.5. The quantitative estimate of drug-likeness (QED) is 0.812. The molecule has 1 amide bonds. The predicted octanol–water partition coefficient (Wildman–Crippen LogP) is 2.88. The highest BCUT2D eigenvalue weighted by molar-refractivity contribution is 5.80. The monoisotopic (exact) mass is 368 g/mol. The van der Waals surface area contributed by atoms with Gasteiger partial charge in [0.2, 0.25) is 11.8 Å². The van der Waals surface area contributed by atoms with Crippen LogP contribution in [0.15, 0.2) is 36.4 Å². The Hall–Kier alpha value is -2.76. The highest BCUT2D eigenvalue weighted by Gasteiger charge is 2.22. The maximum absolute atomic E-state index is 12.2. The minimum Gasteiger partial charge on any atom is -0.481 e. The summed E-state index contributed by atoms with van der Waals surface area (Å²) in [6.07, 6.45) is 0.527. The van der Waals surface area contributed by atoms with Crippen LogP contribution in [-0.2, 0) is 4.79 Å². The van der Waals surface area contributed by atoms with Crippen LogP contribution < -0.4 is 14.5 Å². The van der Waals surface area contributed by atoms with Crippen LogP contribution in [0.4, 0.5) is 11.4 Å². The first-order valence-electron chi connectivity index (χ1n) is 9.39. The molecule has 0 N–H and O–H groups in total. The van der Waals surface area contributed by atoms with Crippen molar-refractivity contribution in [3.05, 3.63) is 36.4 Å². The molecule has 1 aliphatic heterocycles. The number of benzene rings is 1. The summed E-state index contributed by atoms with van der Waals surface area (Å²) in [5, 5.41) is 0. The molecule has 144 valence electrons. The van der Waals surface area contributed by atoms with Crippen LogP contribution >= 0.6 is 0 Å². The van der Waals surface area contributed by atoms with Gasteiger partial charge < -0.3 is 19.4 Å². The Morgan fingerprint density at radius 1 is 1.07 bits per heavy atom. The van der Waals surface area contributed by atoms with Gasteiger partial charge in [0.15, 0.2) is 0 Å². The third-order valence-corrected chi connectivity index (χ3v) is 5.03. The zero-order valence-electron chi connectivity index (χ0n) is 16.6. The second-order valence-corrected chi connectivity index (χ2v) is 6.87. The number of hydrogen-bond donors (Lipinski definition) is 0. The lowest BCUT2D eigenvalue weighted by Gasteiger charge is -2.25. The molecule has 0 radical (unpaired) electrons. The minimum absolute atomic E-state index is 0.221. The molecule has 0 bridgehead atoms. The normalized spacial score (nSPS) is 14.9. The highest BCUT2D eigenvalue weighted by Crippen LogP contribution is 2.33. The van der Waals surface area contributed by atoms with Crippen LogP contribution in [0.2, 0.25) is 0 Å². The first-order valence-corrected chi connectivity index (χ1v) is 9.39. The first kappa shape index (κ1) is 19.0. The van der Waals surface area contributed by atoms with Gasteiger partial charge in [0.1, 0.15) is 0 Å². The van der Waals surface area contributed by atoms with Gasteiger partial charge in [-0.25, -0.2) is 4.98 Å². The van der Waals surface area contributed by atoms with Crippen molar-refractivity contribution in [1.82, 2.24) is 9.88 Å². The zero-order valence-corrected chi connectivity index (χ0v) is 16.6. The van der Waals surface area contributed by atoms with Gasteiger partial charge in [-0.3, -0.25) is 4.79 Å². The summed E-state index contributed by atoms with van der Waals surface area (Å²) in [5.41, 5.74) is 4.11. The van der Waals surface area contributed by atoms with Gasteiger partial charge in [-0.1, -0.05) is 12.1 Å². The molecule has 1 saturated heterocycles. The van der Waals surface area contributed by atoms with Gasteiger partial charge in [-0.2, -0.15) is 0 Å². The molecule has 2 aromatic rings. The van der Waals surface area contributed by atoms with Crippen LogP contribution in [-0.4, -0.2) is 63.2 Å². The van der Waals surface area contributed by atoms with Crippen LogP contribution in [0.25, 0.3) is 11.3 Å². The van der Waals surface area contributed by atoms with Gasteiger partial charge >= 0.3 is 0 Å². The van der Waals surface area contributed by atoms with Crippen LogP contribution in [0.3, 0.4) is 0 Å². The zero-order chi connectivity index (χ0) is 19.4. The number of nitrogens with zero attached hydrogens (tertiary/aromatic N) is 4. The molecule has 0 aliphatic carbocycles. The number of aromatic nitrogens is 1. The SMILES string of the molecule is CCN1CCN(c2ccc(OC)nc2-c2ccc(N(C)C)cc2)CCC1=O. The van der Waals surface area contributed by atoms with Crippen LogP contribution in [0.1, 0.15) is 13.3 Å². The predicted molar refractivity (Wildman–Crippen MR) is 110 cm³/mol. The third-order valence-electron chi connectivity index (χ3n) is 5.03. The van der Waals surface area contributed by atoms with Gasteiger partial charge in [-0.15, -0.1) is 0 Å². The van der Waals surface area contributed by atoms with Crippen molar-refractivity contribution < 1.29 is 9.53 Å². The molecule has 0 unspecified atom stereocenters. The summed E-state index contributed by atoms with van der Waals surface area (Å²) >= 11 is 0. The second kappa shape index (κ2) is 8.29. The smallest absolute Gasteiger partial charge is 0.224 e. The summed E-state index contributed by atoms with van der Waals surface area (Å²) in [6.45, 7) is 5.02. The lowest BCUT2D eigenvalue weighted by atomic mass is 10.1. The maximum Gasteiger partial charge on any atom is 0.224 e. The van der Waals surface area contributed by atoms with Crippen molar-refractivity contribution in [3.63, 3.8) is 0 Å². The summed E-state index contributed by atoms with van der Waals surface area (Å²) in [6, 6.07) is 12.3. The van der Waals surface area contributed by atoms with E-state index in [-0.39, 0.29) is 5.91 Å². The van der Waals surface area contributed by atoms with Crippen molar-refractivity contribution in [2.45, 2.75) is 13.3 Å². The standard InChI is InChI=1S/C21H28N4O2/c1-5-24-14-15-25(13-12-20(24)26)18-10-11-19(27-4)22-21(18)16-6-8-17(9-7-16)23(2)3/h6-11H,5,12-15H2,1-4H3. The minimum atomic E-state index is 0.221. The number of rotatable bonds is 5. The fraction of sp³-hybridized carbons (Fsp3) is 0.429. The number of anilines is 2. The number of methoxy groups -OCH3 is 1. The summed E-state index contributed by atoms with van der Waals surface area (Å²) in [5.74, 6) is 0.810. The summed E-state index contributed by atoms with van der Waals surface area (Å²) in [4.78, 5) is 23.2. The molecule has 2 heterocycles. The van der Waals surface area contributed by atoms with E-state index < -0.39 is 0 Å². The van der Waals surface area contributed by atoms with Crippen molar-refractivity contribution in [2.75, 3.05) is 57.2 Å². The van der Waals surface area contributed by atoms with Gasteiger partial charge in [-0.05, 0) is 25.1 Å². The van der Waals surface area contributed by atoms with Gasteiger partial charge in [0.05, 0.1) is 18.5 Å². The van der Waals surface area contributed by atoms with E-state index in [4.69, 9.17) is 9.72 Å². The van der Waals surface area contributed by atoms with Gasteiger partial charge in [0, 0.05) is 64.0 Å². The molecule has 0 atom stereocenters. The molecule has 0 saturated carbocycles.